The van der Waals surface area contributed by atoms with Gasteiger partial charge in [0.25, 0.3) is 0 Å². The molecule has 2 fully saturated rings. The van der Waals surface area contributed by atoms with E-state index in [1.807, 2.05) is 0 Å². The molecule has 2 rings (SSSR count). The van der Waals surface area contributed by atoms with Gasteiger partial charge >= 0.3 is 0 Å². The van der Waals surface area contributed by atoms with Gasteiger partial charge in [-0.1, -0.05) is 13.8 Å². The molecular weight excluding hydrogens is 226 g/mol. The van der Waals surface area contributed by atoms with Gasteiger partial charge in [0, 0.05) is 32.2 Å². The topological polar surface area (TPSA) is 35.6 Å². The van der Waals surface area contributed by atoms with Crippen LogP contribution in [0.3, 0.4) is 0 Å². The number of rotatable bonds is 3. The van der Waals surface area contributed by atoms with Gasteiger partial charge in [-0.3, -0.25) is 9.69 Å². The summed E-state index contributed by atoms with van der Waals surface area (Å²) < 4.78 is 0. The first-order valence-corrected chi connectivity index (χ1v) is 7.39. The molecule has 3 atom stereocenters. The van der Waals surface area contributed by atoms with Crippen LogP contribution in [0.5, 0.6) is 0 Å². The molecule has 2 aliphatic rings. The average molecular weight is 253 g/mol. The molecular formula is C14H27N3O. The Morgan fingerprint density at radius 2 is 2.00 bits per heavy atom. The summed E-state index contributed by atoms with van der Waals surface area (Å²) >= 11 is 0. The first kappa shape index (κ1) is 13.8. The van der Waals surface area contributed by atoms with Gasteiger partial charge < -0.3 is 10.2 Å². The summed E-state index contributed by atoms with van der Waals surface area (Å²) in [6.45, 7) is 11.5. The van der Waals surface area contributed by atoms with Gasteiger partial charge in [-0.2, -0.15) is 0 Å². The van der Waals surface area contributed by atoms with Crippen molar-refractivity contribution in [2.45, 2.75) is 45.7 Å². The third kappa shape index (κ3) is 2.86. The van der Waals surface area contributed by atoms with Crippen LogP contribution in [-0.4, -0.2) is 60.5 Å². The van der Waals surface area contributed by atoms with Crippen LogP contribution in [0.25, 0.3) is 0 Å². The molecule has 0 saturated carbocycles. The summed E-state index contributed by atoms with van der Waals surface area (Å²) in [5.41, 5.74) is 0. The molecule has 0 aliphatic carbocycles. The normalized spacial score (nSPS) is 31.6. The van der Waals surface area contributed by atoms with E-state index in [4.69, 9.17) is 0 Å². The van der Waals surface area contributed by atoms with Gasteiger partial charge in [-0.25, -0.2) is 0 Å². The Hall–Kier alpha value is -0.610. The summed E-state index contributed by atoms with van der Waals surface area (Å²) in [6.07, 6.45) is 2.32. The SMILES string of the molecule is CCC(C)N1CCN(C(=O)C2NCCC2C)CC1. The van der Waals surface area contributed by atoms with E-state index >= 15 is 0 Å². The van der Waals surface area contributed by atoms with Gasteiger partial charge in [-0.15, -0.1) is 0 Å². The Labute approximate surface area is 111 Å². The lowest BCUT2D eigenvalue weighted by Gasteiger charge is -2.39. The van der Waals surface area contributed by atoms with Crippen LogP contribution in [0.2, 0.25) is 0 Å². The molecule has 1 amide bonds. The van der Waals surface area contributed by atoms with E-state index in [0.717, 1.165) is 39.1 Å². The zero-order chi connectivity index (χ0) is 13.1. The number of amides is 1. The molecule has 4 heteroatoms. The molecule has 18 heavy (non-hydrogen) atoms. The van der Waals surface area contributed by atoms with E-state index in [2.05, 4.69) is 35.9 Å². The Morgan fingerprint density at radius 1 is 1.33 bits per heavy atom. The summed E-state index contributed by atoms with van der Waals surface area (Å²) in [6, 6.07) is 0.714. The van der Waals surface area contributed by atoms with Crippen LogP contribution in [0.1, 0.15) is 33.6 Å². The van der Waals surface area contributed by atoms with E-state index in [-0.39, 0.29) is 6.04 Å². The van der Waals surface area contributed by atoms with Crippen molar-refractivity contribution in [3.8, 4) is 0 Å². The highest BCUT2D eigenvalue weighted by atomic mass is 16.2. The minimum Gasteiger partial charge on any atom is -0.339 e. The maximum absolute atomic E-state index is 12.4. The second-order valence-corrected chi connectivity index (χ2v) is 5.82. The number of piperazine rings is 1. The van der Waals surface area contributed by atoms with Crippen LogP contribution in [0.4, 0.5) is 0 Å². The molecule has 0 radical (unpaired) electrons. The molecule has 2 aliphatic heterocycles. The molecule has 3 unspecified atom stereocenters. The predicted octanol–water partition coefficient (Wildman–Crippen LogP) is 0.927. The highest BCUT2D eigenvalue weighted by Crippen LogP contribution is 2.18. The zero-order valence-electron chi connectivity index (χ0n) is 12.0. The summed E-state index contributed by atoms with van der Waals surface area (Å²) in [5.74, 6) is 0.814. The number of nitrogens with zero attached hydrogens (tertiary/aromatic N) is 2. The van der Waals surface area contributed by atoms with E-state index in [1.54, 1.807) is 0 Å². The molecule has 104 valence electrons. The van der Waals surface area contributed by atoms with Crippen LogP contribution in [-0.2, 0) is 4.79 Å². The van der Waals surface area contributed by atoms with Crippen LogP contribution in [0.15, 0.2) is 0 Å². The Morgan fingerprint density at radius 3 is 2.50 bits per heavy atom. The first-order valence-electron chi connectivity index (χ1n) is 7.39. The first-order chi connectivity index (χ1) is 8.63. The smallest absolute Gasteiger partial charge is 0.240 e. The largest absolute Gasteiger partial charge is 0.339 e. The fourth-order valence-corrected chi connectivity index (χ4v) is 3.00. The van der Waals surface area contributed by atoms with Gasteiger partial charge in [0.1, 0.15) is 0 Å². The number of nitrogens with one attached hydrogen (secondary N) is 1. The maximum Gasteiger partial charge on any atom is 0.240 e. The van der Waals surface area contributed by atoms with Crippen molar-refractivity contribution in [2.24, 2.45) is 5.92 Å². The lowest BCUT2D eigenvalue weighted by Crippen LogP contribution is -2.55. The Balaban J connectivity index is 1.84. The lowest BCUT2D eigenvalue weighted by atomic mass is 10.0. The van der Waals surface area contributed by atoms with Gasteiger partial charge in [0.2, 0.25) is 5.91 Å². The molecule has 0 aromatic carbocycles. The van der Waals surface area contributed by atoms with E-state index in [9.17, 15) is 4.79 Å². The van der Waals surface area contributed by atoms with Crippen molar-refractivity contribution < 1.29 is 4.79 Å². The number of hydrogen-bond donors (Lipinski definition) is 1. The third-order valence-corrected chi connectivity index (χ3v) is 4.64. The molecule has 0 spiro atoms. The van der Waals surface area contributed by atoms with Crippen molar-refractivity contribution in [3.05, 3.63) is 0 Å². The van der Waals surface area contributed by atoms with Gasteiger partial charge in [0.15, 0.2) is 0 Å². The molecule has 1 N–H and O–H groups in total. The van der Waals surface area contributed by atoms with Crippen LogP contribution < -0.4 is 5.32 Å². The molecule has 2 saturated heterocycles. The van der Waals surface area contributed by atoms with Crippen molar-refractivity contribution in [3.63, 3.8) is 0 Å². The molecule has 0 aromatic rings. The number of hydrogen-bond acceptors (Lipinski definition) is 3. The van der Waals surface area contributed by atoms with Crippen molar-refractivity contribution >= 4 is 5.91 Å². The standard InChI is InChI=1S/C14H27N3O/c1-4-12(3)16-7-9-17(10-8-16)14(18)13-11(2)5-6-15-13/h11-13,15H,4-10H2,1-3H3. The molecule has 4 nitrogen and oxygen atoms in total. The van der Waals surface area contributed by atoms with Gasteiger partial charge in [0.05, 0.1) is 6.04 Å². The second-order valence-electron chi connectivity index (χ2n) is 5.82. The number of carbonyl (C=O) groups excluding carboxylic acids is 1. The molecule has 0 aromatic heterocycles. The zero-order valence-corrected chi connectivity index (χ0v) is 12.0. The minimum atomic E-state index is 0.0696. The van der Waals surface area contributed by atoms with E-state index in [1.165, 1.54) is 6.42 Å². The summed E-state index contributed by atoms with van der Waals surface area (Å²) in [7, 11) is 0. The maximum atomic E-state index is 12.4. The van der Waals surface area contributed by atoms with E-state index in [0.29, 0.717) is 17.9 Å². The summed E-state index contributed by atoms with van der Waals surface area (Å²) in [4.78, 5) is 17.0. The predicted molar refractivity (Wildman–Crippen MR) is 73.5 cm³/mol. The number of carbonyl (C=O) groups is 1. The fraction of sp³-hybridized carbons (Fsp3) is 0.929. The highest BCUT2D eigenvalue weighted by Gasteiger charge is 2.34. The highest BCUT2D eigenvalue weighted by molar-refractivity contribution is 5.82. The van der Waals surface area contributed by atoms with Crippen molar-refractivity contribution in [1.82, 2.24) is 15.1 Å². The van der Waals surface area contributed by atoms with Crippen LogP contribution in [0, 0.1) is 5.92 Å². The monoisotopic (exact) mass is 253 g/mol. The molecule has 2 heterocycles. The fourth-order valence-electron chi connectivity index (χ4n) is 3.00. The van der Waals surface area contributed by atoms with Crippen LogP contribution >= 0.6 is 0 Å². The average Bonchev–Trinajstić information content (AvgIpc) is 2.83. The van der Waals surface area contributed by atoms with Crippen molar-refractivity contribution in [1.29, 1.82) is 0 Å². The van der Waals surface area contributed by atoms with E-state index < -0.39 is 0 Å². The second kappa shape index (κ2) is 6.02. The third-order valence-electron chi connectivity index (χ3n) is 4.64. The lowest BCUT2D eigenvalue weighted by molar-refractivity contribution is -0.136. The molecule has 0 bridgehead atoms. The van der Waals surface area contributed by atoms with Gasteiger partial charge in [-0.05, 0) is 32.2 Å². The van der Waals surface area contributed by atoms with Crippen molar-refractivity contribution in [2.75, 3.05) is 32.7 Å². The quantitative estimate of drug-likeness (QED) is 0.812. The Kier molecular flexibility index (Phi) is 4.62. The Bertz CT molecular complexity index is 287. The minimum absolute atomic E-state index is 0.0696. The summed E-state index contributed by atoms with van der Waals surface area (Å²) in [5, 5.41) is 3.34.